The van der Waals surface area contributed by atoms with E-state index in [-0.39, 0.29) is 0 Å². The molecule has 3 nitrogen and oxygen atoms in total. The molecule has 4 heteroatoms. The lowest BCUT2D eigenvalue weighted by Crippen LogP contribution is -1.90. The fraction of sp³-hybridized carbons (Fsp3) is 0.250. The van der Waals surface area contributed by atoms with Gasteiger partial charge in [-0.3, -0.25) is 4.84 Å². The number of anilines is 1. The number of ether oxygens (including phenoxy) is 2. The van der Waals surface area contributed by atoms with E-state index in [4.69, 9.17) is 21.3 Å². The van der Waals surface area contributed by atoms with E-state index in [0.717, 1.165) is 5.75 Å². The van der Waals surface area contributed by atoms with E-state index >= 15 is 0 Å². The smallest absolute Gasteiger partial charge is 0.143 e. The maximum atomic E-state index is 5.45. The normalized spacial score (nSPS) is 9.25. The van der Waals surface area contributed by atoms with Gasteiger partial charge in [0.1, 0.15) is 11.5 Å². The van der Waals surface area contributed by atoms with Crippen LogP contribution in [-0.4, -0.2) is 14.2 Å². The summed E-state index contributed by atoms with van der Waals surface area (Å²) in [5, 5.41) is 0. The van der Waals surface area contributed by atoms with Crippen LogP contribution in [0.4, 0.5) is 5.69 Å². The lowest BCUT2D eigenvalue weighted by atomic mass is 10.3. The van der Waals surface area contributed by atoms with Gasteiger partial charge >= 0.3 is 0 Å². The van der Waals surface area contributed by atoms with Crippen molar-refractivity contribution in [3.63, 3.8) is 0 Å². The zero-order valence-corrected chi connectivity index (χ0v) is 7.68. The highest BCUT2D eigenvalue weighted by atomic mass is 35.5. The highest BCUT2D eigenvalue weighted by molar-refractivity contribution is 6.24. The molecule has 0 saturated heterocycles. The Balaban J connectivity index is 3.02. The van der Waals surface area contributed by atoms with Crippen LogP contribution in [0.1, 0.15) is 0 Å². The van der Waals surface area contributed by atoms with Crippen LogP contribution in [0, 0.1) is 0 Å². The SMILES string of the molecule is COc1ccc(OC)c(NCl)c1. The highest BCUT2D eigenvalue weighted by Crippen LogP contribution is 2.28. The van der Waals surface area contributed by atoms with Gasteiger partial charge in [0.15, 0.2) is 0 Å². The van der Waals surface area contributed by atoms with Gasteiger partial charge in [0.2, 0.25) is 0 Å². The second kappa shape index (κ2) is 4.07. The standard InChI is InChI=1S/C8H10ClNO2/c1-11-6-3-4-8(12-2)7(5-6)10-9/h3-5,10H,1-2H3. The van der Waals surface area contributed by atoms with Crippen molar-refractivity contribution >= 4 is 17.5 Å². The summed E-state index contributed by atoms with van der Waals surface area (Å²) in [5.41, 5.74) is 0.693. The maximum Gasteiger partial charge on any atom is 0.143 e. The van der Waals surface area contributed by atoms with E-state index in [1.807, 2.05) is 0 Å². The van der Waals surface area contributed by atoms with Crippen LogP contribution in [0.25, 0.3) is 0 Å². The van der Waals surface area contributed by atoms with Crippen LogP contribution in [-0.2, 0) is 0 Å². The molecule has 0 unspecified atom stereocenters. The highest BCUT2D eigenvalue weighted by Gasteiger charge is 2.02. The number of nitrogens with one attached hydrogen (secondary N) is 1. The summed E-state index contributed by atoms with van der Waals surface area (Å²) in [5.74, 6) is 1.42. The molecule has 0 saturated carbocycles. The third kappa shape index (κ3) is 1.74. The van der Waals surface area contributed by atoms with Gasteiger partial charge in [0.05, 0.1) is 19.9 Å². The van der Waals surface area contributed by atoms with Gasteiger partial charge in [-0.1, -0.05) is 0 Å². The molecule has 0 spiro atoms. The van der Waals surface area contributed by atoms with Crippen molar-refractivity contribution in [3.8, 4) is 11.5 Å². The molecule has 1 rings (SSSR count). The van der Waals surface area contributed by atoms with Crippen molar-refractivity contribution < 1.29 is 9.47 Å². The number of methoxy groups -OCH3 is 2. The molecule has 0 aliphatic rings. The lowest BCUT2D eigenvalue weighted by molar-refractivity contribution is 0.405. The molecule has 0 atom stereocenters. The molecule has 0 aliphatic heterocycles. The van der Waals surface area contributed by atoms with Crippen LogP contribution in [0.15, 0.2) is 18.2 Å². The van der Waals surface area contributed by atoms with Gasteiger partial charge < -0.3 is 9.47 Å². The Bertz CT molecular complexity index is 265. The monoisotopic (exact) mass is 187 g/mol. The van der Waals surface area contributed by atoms with Gasteiger partial charge in [-0.25, -0.2) is 0 Å². The van der Waals surface area contributed by atoms with E-state index in [0.29, 0.717) is 11.4 Å². The Labute approximate surface area is 76.4 Å². The first-order chi connectivity index (χ1) is 5.81. The molecule has 0 bridgehead atoms. The summed E-state index contributed by atoms with van der Waals surface area (Å²) < 4.78 is 10.0. The zero-order chi connectivity index (χ0) is 8.97. The molecule has 1 aromatic rings. The van der Waals surface area contributed by atoms with Gasteiger partial charge in [-0.15, -0.1) is 0 Å². The molecule has 0 heterocycles. The summed E-state index contributed by atoms with van der Waals surface area (Å²) in [6, 6.07) is 5.34. The van der Waals surface area contributed by atoms with E-state index in [2.05, 4.69) is 4.84 Å². The molecular weight excluding hydrogens is 178 g/mol. The van der Waals surface area contributed by atoms with Crippen molar-refractivity contribution in [1.29, 1.82) is 0 Å². The molecule has 0 fully saturated rings. The molecule has 0 radical (unpaired) electrons. The Kier molecular flexibility index (Phi) is 3.05. The predicted molar refractivity (Wildman–Crippen MR) is 49.0 cm³/mol. The average Bonchev–Trinajstić information content (AvgIpc) is 2.16. The van der Waals surface area contributed by atoms with Crippen molar-refractivity contribution in [2.45, 2.75) is 0 Å². The van der Waals surface area contributed by atoms with Crippen LogP contribution in [0.3, 0.4) is 0 Å². The van der Waals surface area contributed by atoms with Crippen molar-refractivity contribution in [3.05, 3.63) is 18.2 Å². The van der Waals surface area contributed by atoms with Crippen LogP contribution in [0.5, 0.6) is 11.5 Å². The van der Waals surface area contributed by atoms with Gasteiger partial charge in [-0.05, 0) is 12.1 Å². The minimum absolute atomic E-state index is 0.686. The summed E-state index contributed by atoms with van der Waals surface area (Å²) in [7, 11) is 3.18. The average molecular weight is 188 g/mol. The Morgan fingerprint density at radius 1 is 1.25 bits per heavy atom. The van der Waals surface area contributed by atoms with Gasteiger partial charge in [-0.2, -0.15) is 0 Å². The molecule has 66 valence electrons. The Hall–Kier alpha value is -1.09. The predicted octanol–water partition coefficient (Wildman–Crippen LogP) is 2.27. The van der Waals surface area contributed by atoms with E-state index in [9.17, 15) is 0 Å². The Morgan fingerprint density at radius 3 is 2.50 bits per heavy atom. The second-order valence-electron chi connectivity index (χ2n) is 2.16. The topological polar surface area (TPSA) is 30.5 Å². The first kappa shape index (κ1) is 9.00. The van der Waals surface area contributed by atoms with Gasteiger partial charge in [0.25, 0.3) is 0 Å². The number of benzene rings is 1. The maximum absolute atomic E-state index is 5.45. The third-order valence-electron chi connectivity index (χ3n) is 1.51. The molecule has 0 aromatic heterocycles. The van der Waals surface area contributed by atoms with Crippen LogP contribution in [0.2, 0.25) is 0 Å². The zero-order valence-electron chi connectivity index (χ0n) is 6.93. The number of rotatable bonds is 3. The molecule has 0 aliphatic carbocycles. The minimum Gasteiger partial charge on any atom is -0.497 e. The number of hydrogen-bond donors (Lipinski definition) is 1. The summed E-state index contributed by atoms with van der Waals surface area (Å²) in [4.78, 5) is 2.49. The third-order valence-corrected chi connectivity index (χ3v) is 1.71. The first-order valence-electron chi connectivity index (χ1n) is 3.40. The van der Waals surface area contributed by atoms with E-state index in [1.54, 1.807) is 32.4 Å². The van der Waals surface area contributed by atoms with Gasteiger partial charge in [0, 0.05) is 17.8 Å². The van der Waals surface area contributed by atoms with Crippen LogP contribution >= 0.6 is 11.8 Å². The van der Waals surface area contributed by atoms with E-state index in [1.165, 1.54) is 0 Å². The second-order valence-corrected chi connectivity index (χ2v) is 2.35. The molecule has 0 amide bonds. The number of hydrogen-bond acceptors (Lipinski definition) is 3. The summed E-state index contributed by atoms with van der Waals surface area (Å²) in [6.07, 6.45) is 0. The summed E-state index contributed by atoms with van der Waals surface area (Å²) >= 11 is 5.45. The molecule has 1 N–H and O–H groups in total. The minimum atomic E-state index is 0.686. The molecular formula is C8H10ClNO2. The Morgan fingerprint density at radius 2 is 2.00 bits per heavy atom. The molecule has 12 heavy (non-hydrogen) atoms. The number of halogens is 1. The quantitative estimate of drug-likeness (QED) is 0.737. The van der Waals surface area contributed by atoms with Crippen molar-refractivity contribution in [1.82, 2.24) is 0 Å². The van der Waals surface area contributed by atoms with Crippen molar-refractivity contribution in [2.75, 3.05) is 19.1 Å². The van der Waals surface area contributed by atoms with E-state index < -0.39 is 0 Å². The fourth-order valence-electron chi connectivity index (χ4n) is 0.888. The fourth-order valence-corrected chi connectivity index (χ4v) is 1.04. The first-order valence-corrected chi connectivity index (χ1v) is 3.78. The lowest BCUT2D eigenvalue weighted by Gasteiger charge is -2.07. The largest absolute Gasteiger partial charge is 0.497 e. The summed E-state index contributed by atoms with van der Waals surface area (Å²) in [6.45, 7) is 0. The van der Waals surface area contributed by atoms with Crippen LogP contribution < -0.4 is 14.3 Å². The van der Waals surface area contributed by atoms with Crippen molar-refractivity contribution in [2.24, 2.45) is 0 Å². The molecule has 1 aromatic carbocycles.